The smallest absolute Gasteiger partial charge is 0.335 e. The lowest BCUT2D eigenvalue weighted by atomic mass is 9.86. The molecule has 0 aromatic heterocycles. The molecule has 7 heteroatoms. The molecule has 1 N–H and O–H groups in total. The number of fused-ring (bicyclic) bond motifs is 1. The van der Waals surface area contributed by atoms with Crippen LogP contribution in [-0.2, 0) is 9.59 Å². The average Bonchev–Trinajstić information content (AvgIpc) is 2.72. The van der Waals surface area contributed by atoms with E-state index in [1.807, 2.05) is 13.0 Å². The van der Waals surface area contributed by atoms with Gasteiger partial charge >= 0.3 is 6.03 Å². The molecule has 33 heavy (non-hydrogen) atoms. The van der Waals surface area contributed by atoms with Crippen LogP contribution in [0.4, 0.5) is 16.2 Å². The first-order valence-electron chi connectivity index (χ1n) is 10.8. The van der Waals surface area contributed by atoms with Gasteiger partial charge in [0.25, 0.3) is 11.8 Å². The molecule has 0 atom stereocenters. The van der Waals surface area contributed by atoms with Gasteiger partial charge in [-0.15, -0.1) is 0 Å². The number of allylic oxidation sites excluding steroid dienone is 1. The minimum atomic E-state index is -0.758. The van der Waals surface area contributed by atoms with Crippen LogP contribution in [0, 0.1) is 6.92 Å². The van der Waals surface area contributed by atoms with Gasteiger partial charge in [0.05, 0.1) is 11.2 Å². The van der Waals surface area contributed by atoms with Crippen LogP contribution in [0.3, 0.4) is 0 Å². The summed E-state index contributed by atoms with van der Waals surface area (Å²) in [5.74, 6) is -1.34. The maximum atomic E-state index is 13.2. The number of likely N-dealkylation sites (N-methyl/N-ethyl adjacent to an activating group) is 1. The SMILES string of the molecule is CCN1c2cc(C)c(/C=C3/C(=O)NC(=O)N(c4ccc(Br)cc4)C3=O)cc2C(C)=CC1(C)C. The van der Waals surface area contributed by atoms with Crippen LogP contribution >= 0.6 is 15.9 Å². The third-order valence-electron chi connectivity index (χ3n) is 6.17. The number of hydrogen-bond donors (Lipinski definition) is 1. The van der Waals surface area contributed by atoms with Crippen LogP contribution < -0.4 is 15.1 Å². The van der Waals surface area contributed by atoms with E-state index in [0.29, 0.717) is 5.69 Å². The van der Waals surface area contributed by atoms with Gasteiger partial charge in [-0.25, -0.2) is 9.69 Å². The standard InChI is InChI=1S/C26H26BrN3O3/c1-6-29-22-11-15(2)17(12-20(22)16(3)14-26(29,4)5)13-21-23(31)28-25(33)30(24(21)32)19-9-7-18(27)8-10-19/h7-14H,6H2,1-5H3,(H,28,31,33)/b21-13-. The number of nitrogens with one attached hydrogen (secondary N) is 1. The molecule has 0 unspecified atom stereocenters. The molecule has 0 radical (unpaired) electrons. The van der Waals surface area contributed by atoms with Gasteiger partial charge < -0.3 is 4.90 Å². The quantitative estimate of drug-likeness (QED) is 0.443. The highest BCUT2D eigenvalue weighted by Crippen LogP contribution is 2.40. The second-order valence-electron chi connectivity index (χ2n) is 8.89. The van der Waals surface area contributed by atoms with Gasteiger partial charge in [0.15, 0.2) is 0 Å². The Morgan fingerprint density at radius 1 is 1.06 bits per heavy atom. The highest BCUT2D eigenvalue weighted by atomic mass is 79.9. The topological polar surface area (TPSA) is 69.7 Å². The molecule has 0 bridgehead atoms. The highest BCUT2D eigenvalue weighted by molar-refractivity contribution is 9.10. The molecule has 0 spiro atoms. The molecule has 2 aliphatic heterocycles. The first-order valence-corrected chi connectivity index (χ1v) is 11.6. The second kappa shape index (κ2) is 8.30. The number of imide groups is 2. The van der Waals surface area contributed by atoms with E-state index >= 15 is 0 Å². The van der Waals surface area contributed by atoms with E-state index in [9.17, 15) is 14.4 Å². The summed E-state index contributed by atoms with van der Waals surface area (Å²) < 4.78 is 0.820. The number of urea groups is 1. The van der Waals surface area contributed by atoms with Crippen molar-refractivity contribution in [2.24, 2.45) is 0 Å². The number of halogens is 1. The number of hydrogen-bond acceptors (Lipinski definition) is 4. The van der Waals surface area contributed by atoms with E-state index < -0.39 is 17.8 Å². The molecule has 2 aromatic carbocycles. The van der Waals surface area contributed by atoms with Crippen LogP contribution in [0.25, 0.3) is 11.6 Å². The van der Waals surface area contributed by atoms with Gasteiger partial charge in [-0.2, -0.15) is 0 Å². The summed E-state index contributed by atoms with van der Waals surface area (Å²) in [6.45, 7) is 11.4. The fraction of sp³-hybridized carbons (Fsp3) is 0.269. The molecule has 0 aliphatic carbocycles. The number of nitrogens with zero attached hydrogens (tertiary/aromatic N) is 2. The zero-order valence-electron chi connectivity index (χ0n) is 19.3. The molecule has 1 fully saturated rings. The minimum absolute atomic E-state index is 0.0781. The zero-order valence-corrected chi connectivity index (χ0v) is 20.9. The first kappa shape index (κ1) is 23.0. The Hall–Kier alpha value is -3.19. The number of rotatable bonds is 3. The van der Waals surface area contributed by atoms with E-state index in [4.69, 9.17) is 0 Å². The third-order valence-corrected chi connectivity index (χ3v) is 6.70. The summed E-state index contributed by atoms with van der Waals surface area (Å²) in [6, 6.07) is 10.1. The first-order chi connectivity index (χ1) is 15.5. The Morgan fingerprint density at radius 3 is 2.36 bits per heavy atom. The Labute approximate surface area is 202 Å². The fourth-order valence-electron chi connectivity index (χ4n) is 4.62. The predicted molar refractivity (Wildman–Crippen MR) is 135 cm³/mol. The molecule has 6 nitrogen and oxygen atoms in total. The molecular formula is C26H26BrN3O3. The van der Waals surface area contributed by atoms with Gasteiger partial charge in [0, 0.05) is 22.3 Å². The monoisotopic (exact) mass is 507 g/mol. The van der Waals surface area contributed by atoms with Gasteiger partial charge in [-0.3, -0.25) is 14.9 Å². The molecular weight excluding hydrogens is 482 g/mol. The highest BCUT2D eigenvalue weighted by Gasteiger charge is 2.37. The summed E-state index contributed by atoms with van der Waals surface area (Å²) in [5.41, 5.74) is 5.25. The number of anilines is 2. The Bertz CT molecular complexity index is 1240. The molecule has 4 amide bonds. The number of carbonyl (C=O) groups is 3. The van der Waals surface area contributed by atoms with E-state index in [1.165, 1.54) is 0 Å². The fourth-order valence-corrected chi connectivity index (χ4v) is 4.88. The lowest BCUT2D eigenvalue weighted by Crippen LogP contribution is -2.54. The van der Waals surface area contributed by atoms with Crippen molar-refractivity contribution in [2.75, 3.05) is 16.3 Å². The average molecular weight is 508 g/mol. The van der Waals surface area contributed by atoms with Gasteiger partial charge in [0.1, 0.15) is 5.57 Å². The summed E-state index contributed by atoms with van der Waals surface area (Å²) in [6.07, 6.45) is 3.81. The van der Waals surface area contributed by atoms with E-state index in [-0.39, 0.29) is 11.1 Å². The van der Waals surface area contributed by atoms with Crippen molar-refractivity contribution < 1.29 is 14.4 Å². The van der Waals surface area contributed by atoms with Crippen molar-refractivity contribution in [2.45, 2.75) is 40.2 Å². The van der Waals surface area contributed by atoms with Crippen LogP contribution in [0.1, 0.15) is 44.4 Å². The summed E-state index contributed by atoms with van der Waals surface area (Å²) in [4.78, 5) is 41.6. The van der Waals surface area contributed by atoms with E-state index in [2.05, 4.69) is 66.0 Å². The van der Waals surface area contributed by atoms with E-state index in [0.717, 1.165) is 43.9 Å². The van der Waals surface area contributed by atoms with Crippen molar-refractivity contribution in [3.63, 3.8) is 0 Å². The Kier molecular flexibility index (Phi) is 5.78. The number of carbonyl (C=O) groups excluding carboxylic acids is 3. The maximum absolute atomic E-state index is 13.2. The molecule has 170 valence electrons. The molecule has 1 saturated heterocycles. The van der Waals surface area contributed by atoms with Crippen molar-refractivity contribution in [1.29, 1.82) is 0 Å². The number of barbiturate groups is 1. The lowest BCUT2D eigenvalue weighted by molar-refractivity contribution is -0.122. The predicted octanol–water partition coefficient (Wildman–Crippen LogP) is 5.45. The van der Waals surface area contributed by atoms with Crippen LogP contribution in [0.15, 0.2) is 52.5 Å². The lowest BCUT2D eigenvalue weighted by Gasteiger charge is -2.43. The number of aryl methyl sites for hydroxylation is 1. The van der Waals surface area contributed by atoms with Crippen molar-refractivity contribution in [3.8, 4) is 0 Å². The largest absolute Gasteiger partial charge is 0.363 e. The van der Waals surface area contributed by atoms with Gasteiger partial charge in [-0.1, -0.05) is 22.0 Å². The van der Waals surface area contributed by atoms with Crippen molar-refractivity contribution in [1.82, 2.24) is 5.32 Å². The number of benzene rings is 2. The van der Waals surface area contributed by atoms with Crippen LogP contribution in [0.5, 0.6) is 0 Å². The summed E-state index contributed by atoms with van der Waals surface area (Å²) >= 11 is 3.35. The molecule has 2 aliphatic rings. The molecule has 4 rings (SSSR count). The number of amides is 4. The molecule has 2 aromatic rings. The maximum Gasteiger partial charge on any atom is 0.335 e. The van der Waals surface area contributed by atoms with Crippen molar-refractivity contribution in [3.05, 3.63) is 69.2 Å². The Morgan fingerprint density at radius 2 is 1.73 bits per heavy atom. The van der Waals surface area contributed by atoms with Crippen molar-refractivity contribution >= 4 is 56.8 Å². The minimum Gasteiger partial charge on any atom is -0.363 e. The summed E-state index contributed by atoms with van der Waals surface area (Å²) in [7, 11) is 0. The normalized spacial score (nSPS) is 18.9. The van der Waals surface area contributed by atoms with Crippen LogP contribution in [0.2, 0.25) is 0 Å². The second-order valence-corrected chi connectivity index (χ2v) is 9.80. The van der Waals surface area contributed by atoms with Crippen LogP contribution in [-0.4, -0.2) is 29.9 Å². The van der Waals surface area contributed by atoms with E-state index in [1.54, 1.807) is 30.3 Å². The van der Waals surface area contributed by atoms with Gasteiger partial charge in [-0.05, 0) is 93.8 Å². The van der Waals surface area contributed by atoms with Gasteiger partial charge in [0.2, 0.25) is 0 Å². The zero-order chi connectivity index (χ0) is 24.1. The molecule has 2 heterocycles. The Balaban J connectivity index is 1.79. The third kappa shape index (κ3) is 4.02. The summed E-state index contributed by atoms with van der Waals surface area (Å²) in [5, 5.41) is 2.29. The molecule has 0 saturated carbocycles.